The first-order chi connectivity index (χ1) is 13.5. The topological polar surface area (TPSA) is 84.7 Å². The molecule has 28 heavy (non-hydrogen) atoms. The van der Waals surface area contributed by atoms with Crippen LogP contribution in [0, 0.1) is 13.8 Å². The highest BCUT2D eigenvalue weighted by atomic mass is 16.5. The number of nitrogens with zero attached hydrogens (tertiary/aromatic N) is 2. The van der Waals surface area contributed by atoms with Crippen molar-refractivity contribution in [2.45, 2.75) is 58.7 Å². The highest BCUT2D eigenvalue weighted by Crippen LogP contribution is 2.33. The Hall–Kier alpha value is -2.83. The van der Waals surface area contributed by atoms with E-state index in [1.54, 1.807) is 27.0 Å². The van der Waals surface area contributed by atoms with Gasteiger partial charge in [0.1, 0.15) is 11.5 Å². The smallest absolute Gasteiger partial charge is 0.256 e. The minimum atomic E-state index is -0.226. The Balaban J connectivity index is 1.53. The average molecular weight is 383 g/mol. The highest BCUT2D eigenvalue weighted by Gasteiger charge is 2.36. The zero-order chi connectivity index (χ0) is 19.8. The van der Waals surface area contributed by atoms with Gasteiger partial charge in [-0.15, -0.1) is 0 Å². The van der Waals surface area contributed by atoms with Crippen LogP contribution in [0.3, 0.4) is 0 Å². The molecule has 0 unspecified atom stereocenters. The lowest BCUT2D eigenvalue weighted by Gasteiger charge is -2.22. The highest BCUT2D eigenvalue weighted by molar-refractivity contribution is 5.98. The summed E-state index contributed by atoms with van der Waals surface area (Å²) < 4.78 is 10.8. The minimum absolute atomic E-state index is 0.0333. The Morgan fingerprint density at radius 3 is 2.71 bits per heavy atom. The molecule has 7 nitrogen and oxygen atoms in total. The summed E-state index contributed by atoms with van der Waals surface area (Å²) in [4.78, 5) is 31.9. The van der Waals surface area contributed by atoms with Gasteiger partial charge in [0.2, 0.25) is 5.88 Å². The number of carbonyl (C=O) groups excluding carboxylic acids is 2. The zero-order valence-electron chi connectivity index (χ0n) is 16.5. The van der Waals surface area contributed by atoms with E-state index in [4.69, 9.17) is 9.15 Å². The van der Waals surface area contributed by atoms with Gasteiger partial charge in [0.05, 0.1) is 30.5 Å². The van der Waals surface area contributed by atoms with Crippen LogP contribution in [-0.4, -0.2) is 34.8 Å². The largest absolute Gasteiger partial charge is 0.481 e. The summed E-state index contributed by atoms with van der Waals surface area (Å²) in [5.74, 6) is 1.52. The second kappa shape index (κ2) is 7.30. The van der Waals surface area contributed by atoms with Crippen LogP contribution in [0.5, 0.6) is 5.88 Å². The van der Waals surface area contributed by atoms with Crippen molar-refractivity contribution in [3.8, 4) is 5.88 Å². The standard InChI is InChI=1S/C21H25N3O4/c1-12-8-16(13(2)28-12)19(25)22-10-14-9-17-18(23-20(14)27-3)11-24(21(17)26)15-6-4-5-7-15/h8-9,15H,4-7,10-11H2,1-3H3,(H,22,25). The molecule has 0 saturated heterocycles. The summed E-state index contributed by atoms with van der Waals surface area (Å²) in [5, 5.41) is 2.87. The van der Waals surface area contributed by atoms with Gasteiger partial charge in [-0.25, -0.2) is 4.98 Å². The van der Waals surface area contributed by atoms with Crippen molar-refractivity contribution in [3.05, 3.63) is 46.0 Å². The van der Waals surface area contributed by atoms with Crippen molar-refractivity contribution < 1.29 is 18.7 Å². The van der Waals surface area contributed by atoms with E-state index in [1.165, 1.54) is 12.8 Å². The predicted octanol–water partition coefficient (Wildman–Crippen LogP) is 3.13. The molecule has 0 spiro atoms. The van der Waals surface area contributed by atoms with E-state index in [0.717, 1.165) is 18.5 Å². The maximum atomic E-state index is 12.9. The van der Waals surface area contributed by atoms with Crippen LogP contribution in [0.1, 0.15) is 69.2 Å². The van der Waals surface area contributed by atoms with Gasteiger partial charge < -0.3 is 19.4 Å². The fourth-order valence-electron chi connectivity index (χ4n) is 4.21. The second-order valence-electron chi connectivity index (χ2n) is 7.53. The molecule has 0 aromatic carbocycles. The lowest BCUT2D eigenvalue weighted by molar-refractivity contribution is 0.0706. The van der Waals surface area contributed by atoms with Crippen LogP contribution in [0.25, 0.3) is 0 Å². The number of nitrogens with one attached hydrogen (secondary N) is 1. The van der Waals surface area contributed by atoms with Gasteiger partial charge in [-0.05, 0) is 38.8 Å². The molecular weight excluding hydrogens is 358 g/mol. The molecule has 0 radical (unpaired) electrons. The Bertz CT molecular complexity index is 928. The first kappa shape index (κ1) is 18.5. The third kappa shape index (κ3) is 3.25. The van der Waals surface area contributed by atoms with Gasteiger partial charge in [-0.2, -0.15) is 0 Å². The number of ether oxygens (including phenoxy) is 1. The molecule has 1 N–H and O–H groups in total. The number of hydrogen-bond donors (Lipinski definition) is 1. The van der Waals surface area contributed by atoms with Crippen LogP contribution in [0.2, 0.25) is 0 Å². The number of aryl methyl sites for hydroxylation is 2. The van der Waals surface area contributed by atoms with Crippen LogP contribution < -0.4 is 10.1 Å². The van der Waals surface area contributed by atoms with Crippen molar-refractivity contribution in [1.82, 2.24) is 15.2 Å². The van der Waals surface area contributed by atoms with Gasteiger partial charge in [-0.1, -0.05) is 12.8 Å². The molecule has 1 aliphatic carbocycles. The molecule has 0 bridgehead atoms. The molecule has 2 amide bonds. The van der Waals surface area contributed by atoms with E-state index in [2.05, 4.69) is 10.3 Å². The van der Waals surface area contributed by atoms with Crippen molar-refractivity contribution in [1.29, 1.82) is 0 Å². The molecule has 4 rings (SSSR count). The number of rotatable bonds is 5. The number of methoxy groups -OCH3 is 1. The van der Waals surface area contributed by atoms with Crippen molar-refractivity contribution in [2.24, 2.45) is 0 Å². The van der Waals surface area contributed by atoms with E-state index >= 15 is 0 Å². The second-order valence-corrected chi connectivity index (χ2v) is 7.53. The Morgan fingerprint density at radius 2 is 2.07 bits per heavy atom. The normalized spacial score (nSPS) is 16.5. The lowest BCUT2D eigenvalue weighted by atomic mass is 10.1. The predicted molar refractivity (Wildman–Crippen MR) is 102 cm³/mol. The van der Waals surface area contributed by atoms with Crippen molar-refractivity contribution in [3.63, 3.8) is 0 Å². The number of aromatic nitrogens is 1. The molecule has 0 atom stereocenters. The van der Waals surface area contributed by atoms with E-state index in [-0.39, 0.29) is 18.4 Å². The fourth-order valence-corrected chi connectivity index (χ4v) is 4.21. The summed E-state index contributed by atoms with van der Waals surface area (Å²) >= 11 is 0. The Labute approximate surface area is 164 Å². The number of amides is 2. The molecule has 1 aliphatic heterocycles. The molecule has 1 fully saturated rings. The lowest BCUT2D eigenvalue weighted by Crippen LogP contribution is -2.33. The van der Waals surface area contributed by atoms with E-state index in [9.17, 15) is 9.59 Å². The van der Waals surface area contributed by atoms with Gasteiger partial charge >= 0.3 is 0 Å². The maximum absolute atomic E-state index is 12.9. The van der Waals surface area contributed by atoms with Crippen LogP contribution in [0.15, 0.2) is 16.5 Å². The molecule has 148 valence electrons. The molecule has 1 saturated carbocycles. The third-order valence-electron chi connectivity index (χ3n) is 5.64. The molecule has 2 aromatic heterocycles. The third-order valence-corrected chi connectivity index (χ3v) is 5.64. The van der Waals surface area contributed by atoms with Crippen LogP contribution >= 0.6 is 0 Å². The number of fused-ring (bicyclic) bond motifs is 1. The summed E-state index contributed by atoms with van der Waals surface area (Å²) in [5.41, 5.74) is 2.57. The summed E-state index contributed by atoms with van der Waals surface area (Å²) in [6, 6.07) is 3.83. The number of pyridine rings is 1. The number of furan rings is 1. The van der Waals surface area contributed by atoms with Gasteiger partial charge in [-0.3, -0.25) is 9.59 Å². The number of hydrogen-bond acceptors (Lipinski definition) is 5. The molecule has 7 heteroatoms. The zero-order valence-corrected chi connectivity index (χ0v) is 16.5. The molecule has 2 aliphatic rings. The maximum Gasteiger partial charge on any atom is 0.256 e. The Kier molecular flexibility index (Phi) is 4.83. The molecule has 3 heterocycles. The average Bonchev–Trinajstić information content (AvgIpc) is 3.39. The minimum Gasteiger partial charge on any atom is -0.481 e. The molecular formula is C21H25N3O4. The molecule has 2 aromatic rings. The first-order valence-electron chi connectivity index (χ1n) is 9.71. The van der Waals surface area contributed by atoms with Gasteiger partial charge in [0, 0.05) is 18.2 Å². The van der Waals surface area contributed by atoms with Crippen molar-refractivity contribution in [2.75, 3.05) is 7.11 Å². The van der Waals surface area contributed by atoms with E-state index in [0.29, 0.717) is 46.7 Å². The quantitative estimate of drug-likeness (QED) is 0.857. The first-order valence-corrected chi connectivity index (χ1v) is 9.71. The van der Waals surface area contributed by atoms with E-state index < -0.39 is 0 Å². The van der Waals surface area contributed by atoms with Gasteiger partial charge in [0.25, 0.3) is 11.8 Å². The van der Waals surface area contributed by atoms with Gasteiger partial charge in [0.15, 0.2) is 0 Å². The number of carbonyl (C=O) groups is 2. The van der Waals surface area contributed by atoms with E-state index in [1.807, 2.05) is 11.0 Å². The van der Waals surface area contributed by atoms with Crippen molar-refractivity contribution >= 4 is 11.8 Å². The van der Waals surface area contributed by atoms with Crippen LogP contribution in [-0.2, 0) is 13.1 Å². The SMILES string of the molecule is COc1nc2c(cc1CNC(=O)c1cc(C)oc1C)C(=O)N(C1CCCC1)C2. The summed E-state index contributed by atoms with van der Waals surface area (Å²) in [7, 11) is 1.55. The fraction of sp³-hybridized carbons (Fsp3) is 0.476. The summed E-state index contributed by atoms with van der Waals surface area (Å²) in [6.45, 7) is 4.33. The Morgan fingerprint density at radius 1 is 1.32 bits per heavy atom. The summed E-state index contributed by atoms with van der Waals surface area (Å²) in [6.07, 6.45) is 4.46. The van der Waals surface area contributed by atoms with Crippen LogP contribution in [0.4, 0.5) is 0 Å². The monoisotopic (exact) mass is 383 g/mol.